The number of hydrogen-bond donors (Lipinski definition) is 1. The maximum atomic E-state index is 11.8. The average molecular weight is 250 g/mol. The number of aromatic nitrogens is 1. The molecule has 17 heavy (non-hydrogen) atoms. The van der Waals surface area contributed by atoms with Crippen LogP contribution in [0.15, 0.2) is 18.2 Å². The summed E-state index contributed by atoms with van der Waals surface area (Å²) in [6.07, 6.45) is 0.742. The Bertz CT molecular complexity index is 550. The lowest BCUT2D eigenvalue weighted by atomic mass is 10.2. The number of esters is 1. The third-order valence-corrected chi connectivity index (χ3v) is 3.37. The van der Waals surface area contributed by atoms with E-state index < -0.39 is 0 Å². The normalized spacial score (nSPS) is 12.6. The second-order valence-corrected chi connectivity index (χ2v) is 4.92. The minimum atomic E-state index is -0.298. The summed E-state index contributed by atoms with van der Waals surface area (Å²) in [5.74, 6) is -0.298. The topological polar surface area (TPSA) is 65.2 Å². The number of anilines is 1. The van der Waals surface area contributed by atoms with Crippen molar-refractivity contribution in [3.05, 3.63) is 23.8 Å². The molecule has 0 saturated carbocycles. The maximum absolute atomic E-state index is 11.8. The summed E-state index contributed by atoms with van der Waals surface area (Å²) in [6.45, 7) is 3.85. The molecule has 2 rings (SSSR count). The lowest BCUT2D eigenvalue weighted by Crippen LogP contribution is -2.13. The summed E-state index contributed by atoms with van der Waals surface area (Å²) >= 11 is 1.37. The predicted octanol–water partition coefficient (Wildman–Crippen LogP) is 2.83. The molecule has 2 aromatic rings. The minimum absolute atomic E-state index is 0.0651. The maximum Gasteiger partial charge on any atom is 0.338 e. The molecule has 1 heterocycles. The summed E-state index contributed by atoms with van der Waals surface area (Å²) in [6, 6.07) is 5.27. The molecule has 0 fully saturated rings. The highest BCUT2D eigenvalue weighted by atomic mass is 32.1. The van der Waals surface area contributed by atoms with E-state index >= 15 is 0 Å². The Morgan fingerprint density at radius 2 is 2.35 bits per heavy atom. The number of carbonyl (C=O) groups is 1. The zero-order valence-corrected chi connectivity index (χ0v) is 10.6. The van der Waals surface area contributed by atoms with Crippen molar-refractivity contribution >= 4 is 32.7 Å². The Morgan fingerprint density at radius 3 is 3.06 bits per heavy atom. The Hall–Kier alpha value is -1.62. The second-order valence-electron chi connectivity index (χ2n) is 3.86. The number of hydrogen-bond acceptors (Lipinski definition) is 5. The van der Waals surface area contributed by atoms with Gasteiger partial charge in [0.1, 0.15) is 0 Å². The SMILES string of the molecule is CC[C@H](C)OC(=O)c1ccc2nc(N)sc2c1. The van der Waals surface area contributed by atoms with Crippen LogP contribution in [0.4, 0.5) is 5.13 Å². The van der Waals surface area contributed by atoms with Crippen LogP contribution in [-0.2, 0) is 4.74 Å². The van der Waals surface area contributed by atoms with E-state index in [1.54, 1.807) is 18.2 Å². The van der Waals surface area contributed by atoms with Gasteiger partial charge in [0.15, 0.2) is 5.13 Å². The van der Waals surface area contributed by atoms with Crippen LogP contribution in [0.1, 0.15) is 30.6 Å². The van der Waals surface area contributed by atoms with Gasteiger partial charge in [0, 0.05) is 0 Å². The van der Waals surface area contributed by atoms with Gasteiger partial charge in [0.05, 0.1) is 21.9 Å². The lowest BCUT2D eigenvalue weighted by Gasteiger charge is -2.10. The first kappa shape index (κ1) is 11.9. The Morgan fingerprint density at radius 1 is 1.59 bits per heavy atom. The van der Waals surface area contributed by atoms with Crippen molar-refractivity contribution in [2.24, 2.45) is 0 Å². The fraction of sp³-hybridized carbons (Fsp3) is 0.333. The molecule has 0 spiro atoms. The van der Waals surface area contributed by atoms with Gasteiger partial charge in [-0.3, -0.25) is 0 Å². The average Bonchev–Trinajstić information content (AvgIpc) is 2.67. The van der Waals surface area contributed by atoms with Crippen molar-refractivity contribution < 1.29 is 9.53 Å². The number of nitrogens with zero attached hydrogens (tertiary/aromatic N) is 1. The van der Waals surface area contributed by atoms with E-state index in [2.05, 4.69) is 4.98 Å². The summed E-state index contributed by atoms with van der Waals surface area (Å²) in [4.78, 5) is 15.9. The van der Waals surface area contributed by atoms with Gasteiger partial charge in [0.25, 0.3) is 0 Å². The van der Waals surface area contributed by atoms with Crippen molar-refractivity contribution in [3.8, 4) is 0 Å². The first-order chi connectivity index (χ1) is 8.10. The first-order valence-electron chi connectivity index (χ1n) is 5.47. The van der Waals surface area contributed by atoms with E-state index in [9.17, 15) is 4.79 Å². The van der Waals surface area contributed by atoms with Crippen LogP contribution in [-0.4, -0.2) is 17.1 Å². The third kappa shape index (κ3) is 2.55. The summed E-state index contributed by atoms with van der Waals surface area (Å²) in [7, 11) is 0. The summed E-state index contributed by atoms with van der Waals surface area (Å²) < 4.78 is 6.16. The molecule has 5 heteroatoms. The highest BCUT2D eigenvalue weighted by Crippen LogP contribution is 2.25. The van der Waals surface area contributed by atoms with Crippen LogP contribution in [0.5, 0.6) is 0 Å². The molecule has 0 aliphatic rings. The van der Waals surface area contributed by atoms with Gasteiger partial charge in [0.2, 0.25) is 0 Å². The Kier molecular flexibility index (Phi) is 3.28. The fourth-order valence-electron chi connectivity index (χ4n) is 1.40. The molecule has 1 atom stereocenters. The third-order valence-electron chi connectivity index (χ3n) is 2.52. The van der Waals surface area contributed by atoms with Gasteiger partial charge in [-0.2, -0.15) is 0 Å². The molecular formula is C12H14N2O2S. The number of carbonyl (C=O) groups excluding carboxylic acids is 1. The van der Waals surface area contributed by atoms with E-state index in [1.807, 2.05) is 13.8 Å². The van der Waals surface area contributed by atoms with Crippen LogP contribution in [0.25, 0.3) is 10.2 Å². The summed E-state index contributed by atoms with van der Waals surface area (Å²) in [5.41, 5.74) is 6.97. The Labute approximate surface area is 103 Å². The van der Waals surface area contributed by atoms with Gasteiger partial charge in [-0.1, -0.05) is 18.3 Å². The van der Waals surface area contributed by atoms with E-state index in [0.29, 0.717) is 10.7 Å². The van der Waals surface area contributed by atoms with Gasteiger partial charge >= 0.3 is 5.97 Å². The Balaban J connectivity index is 2.26. The van der Waals surface area contributed by atoms with Gasteiger partial charge in [-0.05, 0) is 31.5 Å². The summed E-state index contributed by atoms with van der Waals surface area (Å²) in [5, 5.41) is 0.507. The molecule has 90 valence electrons. The standard InChI is InChI=1S/C12H14N2O2S/c1-3-7(2)16-11(15)8-4-5-9-10(6-8)17-12(13)14-9/h4-7H,3H2,1-2H3,(H2,13,14)/t7-/m0/s1. The highest BCUT2D eigenvalue weighted by Gasteiger charge is 2.12. The smallest absolute Gasteiger partial charge is 0.338 e. The number of nitrogens with two attached hydrogens (primary N) is 1. The molecule has 0 amide bonds. The van der Waals surface area contributed by atoms with Gasteiger partial charge in [-0.25, -0.2) is 9.78 Å². The fourth-order valence-corrected chi connectivity index (χ4v) is 2.18. The van der Waals surface area contributed by atoms with Crippen LogP contribution in [0.3, 0.4) is 0 Å². The number of rotatable bonds is 3. The van der Waals surface area contributed by atoms with Gasteiger partial charge < -0.3 is 10.5 Å². The molecule has 1 aromatic carbocycles. The van der Waals surface area contributed by atoms with Crippen molar-refractivity contribution in [3.63, 3.8) is 0 Å². The van der Waals surface area contributed by atoms with Crippen molar-refractivity contribution in [1.82, 2.24) is 4.98 Å². The van der Waals surface area contributed by atoms with E-state index in [-0.39, 0.29) is 12.1 Å². The second kappa shape index (κ2) is 4.71. The molecule has 0 saturated heterocycles. The molecule has 2 N–H and O–H groups in total. The van der Waals surface area contributed by atoms with Crippen LogP contribution in [0.2, 0.25) is 0 Å². The number of thiazole rings is 1. The monoisotopic (exact) mass is 250 g/mol. The van der Waals surface area contributed by atoms with Crippen LogP contribution < -0.4 is 5.73 Å². The number of benzene rings is 1. The first-order valence-corrected chi connectivity index (χ1v) is 6.29. The molecule has 4 nitrogen and oxygen atoms in total. The van der Waals surface area contributed by atoms with E-state index in [4.69, 9.17) is 10.5 Å². The molecule has 0 bridgehead atoms. The lowest BCUT2D eigenvalue weighted by molar-refractivity contribution is 0.0335. The highest BCUT2D eigenvalue weighted by molar-refractivity contribution is 7.22. The molecule has 0 radical (unpaired) electrons. The largest absolute Gasteiger partial charge is 0.459 e. The molecule has 0 aliphatic heterocycles. The van der Waals surface area contributed by atoms with E-state index in [0.717, 1.165) is 16.6 Å². The van der Waals surface area contributed by atoms with Crippen molar-refractivity contribution in [2.45, 2.75) is 26.4 Å². The number of nitrogen functional groups attached to an aromatic ring is 1. The molecule has 0 unspecified atom stereocenters. The molecular weight excluding hydrogens is 236 g/mol. The minimum Gasteiger partial charge on any atom is -0.459 e. The number of fused-ring (bicyclic) bond motifs is 1. The van der Waals surface area contributed by atoms with E-state index in [1.165, 1.54) is 11.3 Å². The molecule has 1 aromatic heterocycles. The van der Waals surface area contributed by atoms with Crippen molar-refractivity contribution in [1.29, 1.82) is 0 Å². The van der Waals surface area contributed by atoms with Crippen molar-refractivity contribution in [2.75, 3.05) is 5.73 Å². The zero-order valence-electron chi connectivity index (χ0n) is 9.77. The predicted molar refractivity (Wildman–Crippen MR) is 69.2 cm³/mol. The quantitative estimate of drug-likeness (QED) is 0.851. The van der Waals surface area contributed by atoms with Gasteiger partial charge in [-0.15, -0.1) is 0 Å². The molecule has 0 aliphatic carbocycles. The van der Waals surface area contributed by atoms with Crippen LogP contribution >= 0.6 is 11.3 Å². The number of ether oxygens (including phenoxy) is 1. The zero-order chi connectivity index (χ0) is 12.4. The van der Waals surface area contributed by atoms with Crippen LogP contribution in [0, 0.1) is 0 Å².